The Hall–Kier alpha value is -6.19. The third-order valence-corrected chi connectivity index (χ3v) is 9.99. The van der Waals surface area contributed by atoms with Gasteiger partial charge < -0.3 is 19.1 Å². The number of hydrogen-bond acceptors (Lipinski definition) is 3. The molecule has 0 aliphatic carbocycles. The Morgan fingerprint density at radius 2 is 1.08 bits per heavy atom. The summed E-state index contributed by atoms with van der Waals surface area (Å²) in [6.45, 7) is 0.0895. The number of nitrogens with zero attached hydrogens (tertiary/aromatic N) is 1. The van der Waals surface area contributed by atoms with Crippen molar-refractivity contribution in [1.82, 2.24) is 4.57 Å². The summed E-state index contributed by atoms with van der Waals surface area (Å²) < 4.78 is 15.3. The Morgan fingerprint density at radius 1 is 0.519 bits per heavy atom. The van der Waals surface area contributed by atoms with Gasteiger partial charge in [0.15, 0.2) is 6.20 Å². The first-order valence-electron chi connectivity index (χ1n) is 17.1. The molecular formula is C45H29BLiN2O3+. The van der Waals surface area contributed by atoms with Crippen LogP contribution in [0.2, 0.25) is 0 Å². The number of H-pyrrole nitrogens is 1. The van der Waals surface area contributed by atoms with Gasteiger partial charge in [-0.3, -0.25) is 0 Å². The molecule has 1 N–H and O–H groups in total. The summed E-state index contributed by atoms with van der Waals surface area (Å²) in [7, 11) is 0. The van der Waals surface area contributed by atoms with Crippen molar-refractivity contribution in [2.24, 2.45) is 0 Å². The molecule has 7 heteroatoms. The maximum atomic E-state index is 11.1. The molecule has 0 bridgehead atoms. The van der Waals surface area contributed by atoms with Gasteiger partial charge in [-0.2, -0.15) is 0 Å². The van der Waals surface area contributed by atoms with Crippen molar-refractivity contribution in [2.45, 2.75) is 0 Å². The predicted molar refractivity (Wildman–Crippen MR) is 204 cm³/mol. The number of hydrogen-bond donors (Lipinski definition) is 0. The van der Waals surface area contributed by atoms with Crippen LogP contribution in [0.15, 0.2) is 170 Å². The maximum absolute atomic E-state index is 11.1. The molecule has 0 saturated carbocycles. The molecule has 0 amide bonds. The standard InChI is InChI=1S/C36H22BNO2.C9H7NO.Li/c1-5-13-30-26(9-1)27-10-2-6-14-31(27)38(30)25-19-17-23(18-20-25)24-21-34-36-35(22-24)40-33-16-8-4-12-29(33)37(36)28-11-3-7-15-32(28)39-34;11-8-5-1-3-7-4-2-6-10-9(7)8;/h1-22H;1-6,11H;/q;;+1. The minimum absolute atomic E-state index is 0. The summed E-state index contributed by atoms with van der Waals surface area (Å²) in [5.41, 5.74) is 9.87. The smallest absolute Gasteiger partial charge is 0.868 e. The fourth-order valence-corrected chi connectivity index (χ4v) is 7.69. The van der Waals surface area contributed by atoms with Crippen LogP contribution in [-0.4, -0.2) is 11.3 Å². The van der Waals surface area contributed by atoms with E-state index in [0.29, 0.717) is 5.52 Å². The Morgan fingerprint density at radius 3 is 1.69 bits per heavy atom. The van der Waals surface area contributed by atoms with Crippen LogP contribution in [0.1, 0.15) is 0 Å². The van der Waals surface area contributed by atoms with E-state index < -0.39 is 0 Å². The average Bonchev–Trinajstić information content (AvgIpc) is 3.52. The van der Waals surface area contributed by atoms with E-state index >= 15 is 0 Å². The van der Waals surface area contributed by atoms with E-state index in [4.69, 9.17) is 9.47 Å². The minimum Gasteiger partial charge on any atom is -0.868 e. The number of aromatic amines is 1. The van der Waals surface area contributed by atoms with Gasteiger partial charge in [0.25, 0.3) is 6.71 Å². The summed E-state index contributed by atoms with van der Waals surface area (Å²) in [6.07, 6.45) is 1.75. The van der Waals surface area contributed by atoms with E-state index in [2.05, 4.69) is 131 Å². The van der Waals surface area contributed by atoms with Gasteiger partial charge in [0, 0.05) is 33.4 Å². The van der Waals surface area contributed by atoms with E-state index in [9.17, 15) is 5.11 Å². The SMILES string of the molecule is [Li+].[O-]c1cccc2ccc[nH+]c12.c1ccc2c(c1)Oc1cc(-c3ccc(-n4c5ccccc5c5ccccc54)cc3)cc3c1B2c1ccccc1O3. The molecule has 5 nitrogen and oxygen atoms in total. The zero-order chi connectivity index (χ0) is 33.9. The van der Waals surface area contributed by atoms with Crippen LogP contribution in [0.4, 0.5) is 0 Å². The summed E-state index contributed by atoms with van der Waals surface area (Å²) >= 11 is 0. The molecule has 0 unspecified atom stereocenters. The zero-order valence-electron chi connectivity index (χ0n) is 28.4. The van der Waals surface area contributed by atoms with E-state index in [1.165, 1.54) is 32.7 Å². The van der Waals surface area contributed by atoms with Crippen molar-refractivity contribution in [3.8, 4) is 45.6 Å². The van der Waals surface area contributed by atoms with Crippen LogP contribution in [0, 0.1) is 0 Å². The van der Waals surface area contributed by atoms with Gasteiger partial charge in [0.2, 0.25) is 5.52 Å². The third kappa shape index (κ3) is 5.15. The monoisotopic (exact) mass is 663 g/mol. The van der Waals surface area contributed by atoms with Crippen LogP contribution < -0.4 is 54.8 Å². The number of ether oxygens (including phenoxy) is 2. The predicted octanol–water partition coefficient (Wildman–Crippen LogP) is 4.91. The average molecular weight is 663 g/mol. The minimum atomic E-state index is 0. The molecular weight excluding hydrogens is 634 g/mol. The first kappa shape index (κ1) is 31.8. The molecule has 2 aliphatic heterocycles. The van der Waals surface area contributed by atoms with E-state index in [-0.39, 0.29) is 31.3 Å². The first-order valence-corrected chi connectivity index (χ1v) is 17.1. The molecule has 0 spiro atoms. The molecule has 2 aromatic heterocycles. The van der Waals surface area contributed by atoms with Crippen LogP contribution in [0.25, 0.3) is 49.5 Å². The van der Waals surface area contributed by atoms with Gasteiger partial charge in [0.1, 0.15) is 23.0 Å². The van der Waals surface area contributed by atoms with Crippen molar-refractivity contribution in [3.63, 3.8) is 0 Å². The topological polar surface area (TPSA) is 60.6 Å². The van der Waals surface area contributed by atoms with Crippen molar-refractivity contribution < 1.29 is 38.4 Å². The normalized spacial score (nSPS) is 12.0. The second-order valence-electron chi connectivity index (χ2n) is 12.9. The molecule has 0 atom stereocenters. The Kier molecular flexibility index (Phi) is 7.85. The van der Waals surface area contributed by atoms with Crippen LogP contribution in [0.3, 0.4) is 0 Å². The fourth-order valence-electron chi connectivity index (χ4n) is 7.69. The number of para-hydroxylation sites is 5. The molecule has 240 valence electrons. The van der Waals surface area contributed by atoms with Gasteiger partial charge in [-0.15, -0.1) is 0 Å². The number of pyridine rings is 1. The Bertz CT molecular complexity index is 2670. The largest absolute Gasteiger partial charge is 1.00 e. The van der Waals surface area contributed by atoms with Crippen molar-refractivity contribution in [3.05, 3.63) is 170 Å². The van der Waals surface area contributed by atoms with Crippen LogP contribution in [0.5, 0.6) is 28.7 Å². The number of fused-ring (bicyclic) bond motifs is 8. The number of benzene rings is 7. The number of aromatic nitrogens is 2. The maximum Gasteiger partial charge on any atom is 1.00 e. The molecule has 52 heavy (non-hydrogen) atoms. The molecule has 7 aromatic carbocycles. The molecule has 11 rings (SSSR count). The molecule has 0 saturated heterocycles. The van der Waals surface area contributed by atoms with Gasteiger partial charge >= 0.3 is 18.9 Å². The second kappa shape index (κ2) is 12.9. The summed E-state index contributed by atoms with van der Waals surface area (Å²) in [6, 6.07) is 56.0. The summed E-state index contributed by atoms with van der Waals surface area (Å²) in [5.74, 6) is 3.57. The van der Waals surface area contributed by atoms with Crippen LogP contribution in [-0.2, 0) is 0 Å². The number of nitrogens with one attached hydrogen (secondary N) is 1. The van der Waals surface area contributed by atoms with Gasteiger partial charge in [0.05, 0.1) is 11.0 Å². The van der Waals surface area contributed by atoms with E-state index in [0.717, 1.165) is 50.7 Å². The quantitative estimate of drug-likeness (QED) is 0.247. The van der Waals surface area contributed by atoms with Crippen LogP contribution >= 0.6 is 0 Å². The number of rotatable bonds is 2. The van der Waals surface area contributed by atoms with Crippen molar-refractivity contribution in [1.29, 1.82) is 0 Å². The summed E-state index contributed by atoms with van der Waals surface area (Å²) in [4.78, 5) is 2.91. The van der Waals surface area contributed by atoms with Gasteiger partial charge in [-0.05, 0) is 88.5 Å². The zero-order valence-corrected chi connectivity index (χ0v) is 28.4. The molecule has 4 heterocycles. The third-order valence-electron chi connectivity index (χ3n) is 9.99. The second-order valence-corrected chi connectivity index (χ2v) is 12.9. The fraction of sp³-hybridized carbons (Fsp3) is 0. The summed E-state index contributed by atoms with van der Waals surface area (Å²) in [5, 5.41) is 14.6. The van der Waals surface area contributed by atoms with Crippen molar-refractivity contribution in [2.75, 3.05) is 0 Å². The molecule has 0 fully saturated rings. The van der Waals surface area contributed by atoms with E-state index in [1.54, 1.807) is 18.3 Å². The molecule has 0 radical (unpaired) electrons. The molecule has 9 aromatic rings. The Balaban J connectivity index is 0.000000258. The first-order chi connectivity index (χ1) is 25.2. The van der Waals surface area contributed by atoms with Gasteiger partial charge in [-0.25, -0.2) is 4.98 Å². The van der Waals surface area contributed by atoms with E-state index in [1.807, 2.05) is 30.3 Å². The van der Waals surface area contributed by atoms with Crippen molar-refractivity contribution >= 4 is 55.8 Å². The van der Waals surface area contributed by atoms with Gasteiger partial charge in [-0.1, -0.05) is 97.1 Å². The Labute approximate surface area is 313 Å². The molecule has 2 aliphatic rings.